The number of benzene rings is 2. The van der Waals surface area contributed by atoms with Crippen molar-refractivity contribution in [1.82, 2.24) is 19.3 Å². The van der Waals surface area contributed by atoms with Crippen LogP contribution in [0.3, 0.4) is 0 Å². The van der Waals surface area contributed by atoms with Gasteiger partial charge in [0.2, 0.25) is 0 Å². The lowest BCUT2D eigenvalue weighted by atomic mass is 10.1. The first kappa shape index (κ1) is 16.3. The van der Waals surface area contributed by atoms with Gasteiger partial charge < -0.3 is 9.84 Å². The summed E-state index contributed by atoms with van der Waals surface area (Å²) in [6.45, 7) is 0.181. The van der Waals surface area contributed by atoms with Crippen LogP contribution >= 0.6 is 0 Å². The predicted octanol–water partition coefficient (Wildman–Crippen LogP) is 1.72. The van der Waals surface area contributed by atoms with Crippen molar-refractivity contribution < 1.29 is 9.84 Å². The first-order valence-corrected chi connectivity index (χ1v) is 8.28. The molecule has 0 unspecified atom stereocenters. The summed E-state index contributed by atoms with van der Waals surface area (Å²) in [5.41, 5.74) is 0.293. The van der Waals surface area contributed by atoms with Crippen LogP contribution in [0.15, 0.2) is 59.8 Å². The molecule has 7 nitrogen and oxygen atoms in total. The van der Waals surface area contributed by atoms with Crippen LogP contribution in [0, 0.1) is 0 Å². The van der Waals surface area contributed by atoms with Crippen LogP contribution in [0.25, 0.3) is 21.8 Å². The second-order valence-corrected chi connectivity index (χ2v) is 6.18. The van der Waals surface area contributed by atoms with Crippen molar-refractivity contribution in [2.24, 2.45) is 7.05 Å². The molecule has 26 heavy (non-hydrogen) atoms. The van der Waals surface area contributed by atoms with Crippen LogP contribution in [0.4, 0.5) is 0 Å². The topological polar surface area (TPSA) is 82.2 Å². The highest BCUT2D eigenvalue weighted by atomic mass is 16.5. The van der Waals surface area contributed by atoms with Crippen LogP contribution in [0.2, 0.25) is 0 Å². The van der Waals surface area contributed by atoms with Gasteiger partial charge in [0, 0.05) is 7.05 Å². The van der Waals surface area contributed by atoms with E-state index in [4.69, 9.17) is 4.74 Å². The summed E-state index contributed by atoms with van der Waals surface area (Å²) in [6, 6.07) is 13.8. The Balaban J connectivity index is 1.45. The van der Waals surface area contributed by atoms with Gasteiger partial charge in [-0.25, -0.2) is 4.98 Å². The number of rotatable bonds is 5. The number of aliphatic hydroxyl groups excluding tert-OH is 1. The third-order valence-electron chi connectivity index (χ3n) is 4.29. The van der Waals surface area contributed by atoms with Gasteiger partial charge in [-0.2, -0.15) is 5.10 Å². The van der Waals surface area contributed by atoms with Gasteiger partial charge in [-0.1, -0.05) is 30.3 Å². The quantitative estimate of drug-likeness (QED) is 0.593. The lowest BCUT2D eigenvalue weighted by molar-refractivity contribution is 0.0915. The molecule has 0 aliphatic carbocycles. The van der Waals surface area contributed by atoms with Gasteiger partial charge in [0.25, 0.3) is 5.56 Å². The molecule has 0 saturated carbocycles. The van der Waals surface area contributed by atoms with Gasteiger partial charge >= 0.3 is 0 Å². The number of fused-ring (bicyclic) bond motifs is 2. The second-order valence-electron chi connectivity index (χ2n) is 6.18. The molecule has 0 aliphatic heterocycles. The number of hydrogen-bond acceptors (Lipinski definition) is 5. The van der Waals surface area contributed by atoms with Crippen LogP contribution in [-0.2, 0) is 13.6 Å². The van der Waals surface area contributed by atoms with E-state index in [1.807, 2.05) is 42.5 Å². The average Bonchev–Trinajstić information content (AvgIpc) is 3.04. The van der Waals surface area contributed by atoms with Gasteiger partial charge in [0.1, 0.15) is 30.2 Å². The molecule has 4 rings (SSSR count). The maximum Gasteiger partial charge on any atom is 0.264 e. The van der Waals surface area contributed by atoms with Crippen molar-refractivity contribution >= 4 is 21.8 Å². The number of aryl methyl sites for hydroxylation is 1. The second kappa shape index (κ2) is 6.61. The van der Waals surface area contributed by atoms with Crippen molar-refractivity contribution in [3.63, 3.8) is 0 Å². The summed E-state index contributed by atoms with van der Waals surface area (Å²) in [5.74, 6) is 0.677. The summed E-state index contributed by atoms with van der Waals surface area (Å²) < 4.78 is 8.59. The SMILES string of the molecule is Cn1ncc2c(=O)n(C[C@@H](O)COc3ccc4ccccc4c3)cnc21. The van der Waals surface area contributed by atoms with E-state index in [1.54, 1.807) is 11.7 Å². The molecule has 0 radical (unpaired) electrons. The minimum absolute atomic E-state index is 0.0792. The molecular formula is C19H18N4O3. The first-order valence-electron chi connectivity index (χ1n) is 8.28. The van der Waals surface area contributed by atoms with Gasteiger partial charge in [-0.05, 0) is 22.9 Å². The summed E-state index contributed by atoms with van der Waals surface area (Å²) in [5, 5.41) is 16.9. The summed E-state index contributed by atoms with van der Waals surface area (Å²) in [6.07, 6.45) is 2.07. The smallest absolute Gasteiger partial charge is 0.264 e. The Morgan fingerprint density at radius 3 is 2.85 bits per heavy atom. The highest BCUT2D eigenvalue weighted by molar-refractivity contribution is 5.83. The summed E-state index contributed by atoms with van der Waals surface area (Å²) in [7, 11) is 1.73. The molecule has 0 aliphatic rings. The number of aliphatic hydroxyl groups is 1. The monoisotopic (exact) mass is 350 g/mol. The lowest BCUT2D eigenvalue weighted by Gasteiger charge is -2.14. The Labute approximate surface area is 149 Å². The Morgan fingerprint density at radius 2 is 2.00 bits per heavy atom. The zero-order chi connectivity index (χ0) is 18.1. The first-order chi connectivity index (χ1) is 12.6. The Hall–Kier alpha value is -3.19. The van der Waals surface area contributed by atoms with E-state index in [0.717, 1.165) is 10.8 Å². The van der Waals surface area contributed by atoms with Crippen molar-refractivity contribution in [1.29, 1.82) is 0 Å². The molecular weight excluding hydrogens is 332 g/mol. The molecule has 4 aromatic rings. The number of nitrogens with zero attached hydrogens (tertiary/aromatic N) is 4. The highest BCUT2D eigenvalue weighted by Gasteiger charge is 2.12. The van der Waals surface area contributed by atoms with Crippen molar-refractivity contribution in [2.75, 3.05) is 6.61 Å². The van der Waals surface area contributed by atoms with Gasteiger partial charge in [-0.15, -0.1) is 0 Å². The largest absolute Gasteiger partial charge is 0.491 e. The van der Waals surface area contributed by atoms with E-state index >= 15 is 0 Å². The molecule has 0 bridgehead atoms. The minimum atomic E-state index is -0.838. The number of aromatic nitrogens is 4. The van der Waals surface area contributed by atoms with Crippen LogP contribution < -0.4 is 10.3 Å². The molecule has 1 N–H and O–H groups in total. The van der Waals surface area contributed by atoms with Gasteiger partial charge in [0.05, 0.1) is 12.7 Å². The molecule has 2 heterocycles. The lowest BCUT2D eigenvalue weighted by Crippen LogP contribution is -2.30. The van der Waals surface area contributed by atoms with Crippen LogP contribution in [0.5, 0.6) is 5.75 Å². The van der Waals surface area contributed by atoms with E-state index < -0.39 is 6.10 Å². The Kier molecular flexibility index (Phi) is 4.14. The maximum absolute atomic E-state index is 12.4. The normalized spacial score (nSPS) is 12.5. The molecule has 7 heteroatoms. The van der Waals surface area contributed by atoms with E-state index in [1.165, 1.54) is 17.1 Å². The van der Waals surface area contributed by atoms with Crippen molar-refractivity contribution in [2.45, 2.75) is 12.6 Å². The third kappa shape index (κ3) is 3.04. The maximum atomic E-state index is 12.4. The van der Waals surface area contributed by atoms with Crippen LogP contribution in [-0.4, -0.2) is 37.1 Å². The molecule has 0 saturated heterocycles. The average molecular weight is 350 g/mol. The molecule has 2 aromatic carbocycles. The van der Waals surface area contributed by atoms with E-state index in [-0.39, 0.29) is 18.7 Å². The van der Waals surface area contributed by atoms with Crippen molar-refractivity contribution in [3.05, 3.63) is 65.3 Å². The molecule has 0 amide bonds. The fraction of sp³-hybridized carbons (Fsp3) is 0.211. The molecule has 132 valence electrons. The number of hydrogen-bond donors (Lipinski definition) is 1. The Bertz CT molecular complexity index is 1130. The zero-order valence-electron chi connectivity index (χ0n) is 14.2. The molecule has 2 aromatic heterocycles. The molecule has 0 spiro atoms. The standard InChI is InChI=1S/C19H18N4O3/c1-22-18-17(9-21-22)19(25)23(12-20-18)10-15(24)11-26-16-7-6-13-4-2-3-5-14(13)8-16/h2-9,12,15,24H,10-11H2,1H3/t15-/m1/s1. The van der Waals surface area contributed by atoms with Gasteiger partial charge in [-0.3, -0.25) is 14.0 Å². The third-order valence-corrected chi connectivity index (χ3v) is 4.29. The minimum Gasteiger partial charge on any atom is -0.491 e. The molecule has 1 atom stereocenters. The zero-order valence-corrected chi connectivity index (χ0v) is 14.2. The van der Waals surface area contributed by atoms with E-state index in [0.29, 0.717) is 16.8 Å². The van der Waals surface area contributed by atoms with E-state index in [9.17, 15) is 9.90 Å². The highest BCUT2D eigenvalue weighted by Crippen LogP contribution is 2.20. The summed E-state index contributed by atoms with van der Waals surface area (Å²) in [4.78, 5) is 16.6. The predicted molar refractivity (Wildman–Crippen MR) is 98.2 cm³/mol. The van der Waals surface area contributed by atoms with Crippen molar-refractivity contribution in [3.8, 4) is 5.75 Å². The fourth-order valence-electron chi connectivity index (χ4n) is 2.93. The number of ether oxygens (including phenoxy) is 1. The van der Waals surface area contributed by atoms with E-state index in [2.05, 4.69) is 10.1 Å². The van der Waals surface area contributed by atoms with Crippen LogP contribution in [0.1, 0.15) is 0 Å². The molecule has 0 fully saturated rings. The fourth-order valence-corrected chi connectivity index (χ4v) is 2.93. The summed E-state index contributed by atoms with van der Waals surface area (Å²) >= 11 is 0. The van der Waals surface area contributed by atoms with Gasteiger partial charge in [0.15, 0.2) is 5.65 Å². The Morgan fingerprint density at radius 1 is 1.19 bits per heavy atom.